The summed E-state index contributed by atoms with van der Waals surface area (Å²) in [6.45, 7) is 2.89. The van der Waals surface area contributed by atoms with Crippen molar-refractivity contribution in [3.05, 3.63) is 113 Å². The van der Waals surface area contributed by atoms with Gasteiger partial charge in [-0.1, -0.05) is 60.2 Å². The number of nitrogens with one attached hydrogen (secondary N) is 1. The van der Waals surface area contributed by atoms with E-state index in [1.165, 1.54) is 12.1 Å². The lowest BCUT2D eigenvalue weighted by molar-refractivity contribution is -0.107. The molecule has 0 saturated carbocycles. The topological polar surface area (TPSA) is 69.0 Å². The molecule has 4 rings (SSSR count). The molecule has 0 unspecified atom stereocenters. The van der Waals surface area contributed by atoms with Crippen molar-refractivity contribution < 1.29 is 9.18 Å². The lowest BCUT2D eigenvalue weighted by atomic mass is 10.0. The Balaban J connectivity index is 1.66. The molecule has 6 heteroatoms. The van der Waals surface area contributed by atoms with Gasteiger partial charge in [0.1, 0.15) is 5.82 Å². The molecule has 174 valence electrons. The van der Waals surface area contributed by atoms with Crippen molar-refractivity contribution in [3.63, 3.8) is 0 Å². The molecule has 1 amide bonds. The van der Waals surface area contributed by atoms with E-state index < -0.39 is 0 Å². The molecule has 1 aromatic heterocycles. The number of pyridine rings is 1. The molecule has 0 atom stereocenters. The number of nitrogens with zero attached hydrogens (tertiary/aromatic N) is 3. The average molecular weight is 465 g/mol. The predicted molar refractivity (Wildman–Crippen MR) is 136 cm³/mol. The summed E-state index contributed by atoms with van der Waals surface area (Å²) in [4.78, 5) is 18.5. The largest absolute Gasteiger partial charge is 0.368 e. The molecule has 3 aromatic carbocycles. The zero-order valence-electron chi connectivity index (χ0n) is 19.4. The second-order valence-corrected chi connectivity index (χ2v) is 8.25. The number of aromatic nitrogens is 1. The normalized spacial score (nSPS) is 10.4. The van der Waals surface area contributed by atoms with E-state index in [2.05, 4.69) is 11.4 Å². The lowest BCUT2D eigenvalue weighted by Gasteiger charge is -2.22. The highest BCUT2D eigenvalue weighted by Gasteiger charge is 2.16. The van der Waals surface area contributed by atoms with Crippen LogP contribution >= 0.6 is 0 Å². The van der Waals surface area contributed by atoms with Crippen molar-refractivity contribution >= 4 is 17.9 Å². The van der Waals surface area contributed by atoms with Crippen LogP contribution in [0.15, 0.2) is 84.9 Å². The van der Waals surface area contributed by atoms with Crippen molar-refractivity contribution in [2.45, 2.75) is 19.9 Å². The van der Waals surface area contributed by atoms with E-state index in [9.17, 15) is 14.4 Å². The standard InChI is InChI=1S/C29H25FN4O/c1-21-9-11-23(12-10-21)19-34(20-35)28-14-13-27(26-8-3-2-6-24(26)18-31)33-29(28)32-16-15-22-5-4-7-25(30)17-22/h2-14,17,20H,15-16,19H2,1H3,(H,32,33). The fourth-order valence-corrected chi connectivity index (χ4v) is 3.85. The van der Waals surface area contributed by atoms with E-state index in [4.69, 9.17) is 4.98 Å². The minimum atomic E-state index is -0.276. The van der Waals surface area contributed by atoms with Crippen LogP contribution in [-0.4, -0.2) is 17.9 Å². The Kier molecular flexibility index (Phi) is 7.49. The van der Waals surface area contributed by atoms with E-state index in [1.54, 1.807) is 17.0 Å². The van der Waals surface area contributed by atoms with E-state index in [1.807, 2.05) is 67.6 Å². The van der Waals surface area contributed by atoms with Gasteiger partial charge in [-0.2, -0.15) is 5.26 Å². The van der Waals surface area contributed by atoms with Gasteiger partial charge in [0.05, 0.1) is 29.6 Å². The first-order valence-corrected chi connectivity index (χ1v) is 11.3. The first-order chi connectivity index (χ1) is 17.1. The zero-order valence-corrected chi connectivity index (χ0v) is 19.4. The molecular formula is C29H25FN4O. The van der Waals surface area contributed by atoms with Crippen LogP contribution in [0.5, 0.6) is 0 Å². The quantitative estimate of drug-likeness (QED) is 0.314. The van der Waals surface area contributed by atoms with Gasteiger partial charge < -0.3 is 10.2 Å². The van der Waals surface area contributed by atoms with E-state index in [-0.39, 0.29) is 5.82 Å². The maximum atomic E-state index is 13.6. The van der Waals surface area contributed by atoms with Crippen molar-refractivity contribution in [1.82, 2.24) is 4.98 Å². The van der Waals surface area contributed by atoms with Crippen LogP contribution < -0.4 is 10.2 Å². The van der Waals surface area contributed by atoms with Crippen LogP contribution in [0.3, 0.4) is 0 Å². The van der Waals surface area contributed by atoms with Gasteiger partial charge in [-0.15, -0.1) is 0 Å². The van der Waals surface area contributed by atoms with Gasteiger partial charge in [-0.25, -0.2) is 9.37 Å². The smallest absolute Gasteiger partial charge is 0.214 e. The molecule has 0 aliphatic carbocycles. The number of hydrogen-bond donors (Lipinski definition) is 1. The first-order valence-electron chi connectivity index (χ1n) is 11.3. The number of anilines is 2. The molecule has 0 aliphatic heterocycles. The van der Waals surface area contributed by atoms with Crippen LogP contribution in [0.2, 0.25) is 0 Å². The van der Waals surface area contributed by atoms with Gasteiger partial charge in [0.25, 0.3) is 0 Å². The van der Waals surface area contributed by atoms with E-state index in [0.29, 0.717) is 47.8 Å². The summed E-state index contributed by atoms with van der Waals surface area (Å²) < 4.78 is 13.6. The average Bonchev–Trinajstić information content (AvgIpc) is 2.88. The van der Waals surface area contributed by atoms with Crippen LogP contribution in [0, 0.1) is 24.1 Å². The van der Waals surface area contributed by atoms with E-state index in [0.717, 1.165) is 23.1 Å². The molecule has 0 bridgehead atoms. The molecular weight excluding hydrogens is 439 g/mol. The van der Waals surface area contributed by atoms with Gasteiger partial charge in [0.2, 0.25) is 6.41 Å². The Labute approximate surface area is 204 Å². The Morgan fingerprint density at radius 3 is 2.54 bits per heavy atom. The second kappa shape index (κ2) is 11.1. The predicted octanol–water partition coefficient (Wildman–Crippen LogP) is 5.89. The van der Waals surface area contributed by atoms with Crippen molar-refractivity contribution in [2.24, 2.45) is 0 Å². The Morgan fingerprint density at radius 2 is 1.80 bits per heavy atom. The maximum Gasteiger partial charge on any atom is 0.214 e. The van der Waals surface area contributed by atoms with Crippen molar-refractivity contribution in [3.8, 4) is 17.3 Å². The summed E-state index contributed by atoms with van der Waals surface area (Å²) in [5, 5.41) is 12.8. The van der Waals surface area contributed by atoms with E-state index >= 15 is 0 Å². The number of hydrogen-bond acceptors (Lipinski definition) is 4. The number of carbonyl (C=O) groups is 1. The zero-order chi connectivity index (χ0) is 24.6. The van der Waals surface area contributed by atoms with Gasteiger partial charge >= 0.3 is 0 Å². The number of rotatable bonds is 9. The molecule has 0 aliphatic rings. The molecule has 1 heterocycles. The third-order valence-electron chi connectivity index (χ3n) is 5.70. The van der Waals surface area contributed by atoms with Crippen LogP contribution in [-0.2, 0) is 17.8 Å². The van der Waals surface area contributed by atoms with Crippen molar-refractivity contribution in [2.75, 3.05) is 16.8 Å². The van der Waals surface area contributed by atoms with Crippen LogP contribution in [0.4, 0.5) is 15.9 Å². The lowest BCUT2D eigenvalue weighted by Crippen LogP contribution is -2.22. The highest BCUT2D eigenvalue weighted by atomic mass is 19.1. The second-order valence-electron chi connectivity index (χ2n) is 8.25. The maximum absolute atomic E-state index is 13.6. The number of carbonyl (C=O) groups excluding carboxylic acids is 1. The highest BCUT2D eigenvalue weighted by molar-refractivity contribution is 5.83. The molecule has 1 N–H and O–H groups in total. The molecule has 35 heavy (non-hydrogen) atoms. The fourth-order valence-electron chi connectivity index (χ4n) is 3.85. The Hall–Kier alpha value is -4.50. The number of nitriles is 1. The van der Waals surface area contributed by atoms with Crippen LogP contribution in [0.25, 0.3) is 11.3 Å². The van der Waals surface area contributed by atoms with Gasteiger partial charge in [0, 0.05) is 12.1 Å². The SMILES string of the molecule is Cc1ccc(CN(C=O)c2ccc(-c3ccccc3C#N)nc2NCCc2cccc(F)c2)cc1. The molecule has 4 aromatic rings. The highest BCUT2D eigenvalue weighted by Crippen LogP contribution is 2.30. The van der Waals surface area contributed by atoms with Crippen LogP contribution in [0.1, 0.15) is 22.3 Å². The number of amides is 1. The molecule has 0 fully saturated rings. The summed E-state index contributed by atoms with van der Waals surface area (Å²) in [5.41, 5.74) is 5.48. The Bertz CT molecular complexity index is 1360. The minimum Gasteiger partial charge on any atom is -0.368 e. The first kappa shape index (κ1) is 23.7. The molecule has 0 radical (unpaired) electrons. The molecule has 0 spiro atoms. The third-order valence-corrected chi connectivity index (χ3v) is 5.70. The fraction of sp³-hybridized carbons (Fsp3) is 0.138. The van der Waals surface area contributed by atoms with Gasteiger partial charge in [-0.3, -0.25) is 4.79 Å². The summed E-state index contributed by atoms with van der Waals surface area (Å²) in [7, 11) is 0. The number of benzene rings is 3. The number of halogens is 1. The monoisotopic (exact) mass is 464 g/mol. The van der Waals surface area contributed by atoms with Crippen molar-refractivity contribution in [1.29, 1.82) is 5.26 Å². The molecule has 5 nitrogen and oxygen atoms in total. The summed E-state index contributed by atoms with van der Waals surface area (Å²) >= 11 is 0. The molecule has 0 saturated heterocycles. The Morgan fingerprint density at radius 1 is 1.00 bits per heavy atom. The van der Waals surface area contributed by atoms with Gasteiger partial charge in [-0.05, 0) is 54.8 Å². The number of aryl methyl sites for hydroxylation is 1. The third kappa shape index (κ3) is 5.90. The summed E-state index contributed by atoms with van der Waals surface area (Å²) in [6.07, 6.45) is 1.37. The van der Waals surface area contributed by atoms with Gasteiger partial charge in [0.15, 0.2) is 5.82 Å². The summed E-state index contributed by atoms with van der Waals surface area (Å²) in [6, 6.07) is 27.6. The summed E-state index contributed by atoms with van der Waals surface area (Å²) in [5.74, 6) is 0.243. The minimum absolute atomic E-state index is 0.276.